The Bertz CT molecular complexity index is 718. The molecule has 0 aliphatic rings. The predicted octanol–water partition coefficient (Wildman–Crippen LogP) is 1.64. The normalized spacial score (nSPS) is 10.9. The van der Waals surface area contributed by atoms with Crippen LogP contribution in [0.25, 0.3) is 21.5 Å². The van der Waals surface area contributed by atoms with E-state index in [9.17, 15) is 4.79 Å². The Morgan fingerprint density at radius 1 is 1.39 bits per heavy atom. The molecule has 2 heterocycles. The zero-order valence-electron chi connectivity index (χ0n) is 9.15. The lowest BCUT2D eigenvalue weighted by molar-refractivity contribution is -0.137. The quantitative estimate of drug-likeness (QED) is 0.774. The van der Waals surface area contributed by atoms with E-state index in [1.165, 1.54) is 4.68 Å². The molecule has 0 atom stereocenters. The van der Waals surface area contributed by atoms with Crippen molar-refractivity contribution in [3.63, 3.8) is 0 Å². The SMILES string of the molecule is O=C(O)Cn1nnnc1-c1csc2ccccc12. The van der Waals surface area contributed by atoms with E-state index < -0.39 is 5.97 Å². The van der Waals surface area contributed by atoms with Gasteiger partial charge in [0.25, 0.3) is 0 Å². The van der Waals surface area contributed by atoms with E-state index in [-0.39, 0.29) is 6.54 Å². The monoisotopic (exact) mass is 260 g/mol. The second-order valence-electron chi connectivity index (χ2n) is 3.70. The third-order valence-corrected chi connectivity index (χ3v) is 3.50. The summed E-state index contributed by atoms with van der Waals surface area (Å²) in [5, 5.41) is 22.9. The number of carbonyl (C=O) groups is 1. The summed E-state index contributed by atoms with van der Waals surface area (Å²) < 4.78 is 2.41. The van der Waals surface area contributed by atoms with Crippen molar-refractivity contribution in [3.8, 4) is 11.4 Å². The highest BCUT2D eigenvalue weighted by Gasteiger charge is 2.15. The van der Waals surface area contributed by atoms with Crippen molar-refractivity contribution in [1.82, 2.24) is 20.2 Å². The summed E-state index contributed by atoms with van der Waals surface area (Å²) in [5.74, 6) is -0.488. The number of fused-ring (bicyclic) bond motifs is 1. The van der Waals surface area contributed by atoms with Gasteiger partial charge in [-0.15, -0.1) is 16.4 Å². The molecule has 2 aromatic heterocycles. The molecule has 0 saturated carbocycles. The molecule has 6 nitrogen and oxygen atoms in total. The molecule has 0 saturated heterocycles. The number of benzene rings is 1. The Balaban J connectivity index is 2.15. The topological polar surface area (TPSA) is 80.9 Å². The van der Waals surface area contributed by atoms with Gasteiger partial charge in [0.1, 0.15) is 6.54 Å². The van der Waals surface area contributed by atoms with Crippen LogP contribution in [-0.4, -0.2) is 31.3 Å². The molecular weight excluding hydrogens is 252 g/mol. The number of carboxylic acid groups (broad SMARTS) is 1. The fourth-order valence-corrected chi connectivity index (χ4v) is 2.72. The standard InChI is InChI=1S/C11H8N4O2S/c16-10(17)5-15-11(12-13-14-15)8-6-18-9-4-2-1-3-7(8)9/h1-4,6H,5H2,(H,16,17). The minimum Gasteiger partial charge on any atom is -0.480 e. The smallest absolute Gasteiger partial charge is 0.325 e. The summed E-state index contributed by atoms with van der Waals surface area (Å²) in [4.78, 5) is 10.7. The third kappa shape index (κ3) is 1.74. The molecule has 0 bridgehead atoms. The summed E-state index contributed by atoms with van der Waals surface area (Å²) in [6.07, 6.45) is 0. The molecule has 3 aromatic rings. The Labute approximate surface area is 105 Å². The average molecular weight is 260 g/mol. The fourth-order valence-electron chi connectivity index (χ4n) is 1.78. The summed E-state index contributed by atoms with van der Waals surface area (Å²) in [6.45, 7) is -0.244. The van der Waals surface area contributed by atoms with Gasteiger partial charge < -0.3 is 5.11 Å². The van der Waals surface area contributed by atoms with Crippen molar-refractivity contribution in [2.75, 3.05) is 0 Å². The zero-order chi connectivity index (χ0) is 12.5. The number of hydrogen-bond acceptors (Lipinski definition) is 5. The Morgan fingerprint density at radius 3 is 3.06 bits per heavy atom. The van der Waals surface area contributed by atoms with Crippen LogP contribution in [0.15, 0.2) is 29.6 Å². The number of rotatable bonds is 3. The van der Waals surface area contributed by atoms with Crippen molar-refractivity contribution < 1.29 is 9.90 Å². The minimum atomic E-state index is -0.969. The molecular formula is C11H8N4O2S. The number of carboxylic acids is 1. The highest BCUT2D eigenvalue weighted by atomic mass is 32.1. The lowest BCUT2D eigenvalue weighted by Gasteiger charge is -2.00. The second-order valence-corrected chi connectivity index (χ2v) is 4.61. The number of nitrogens with zero attached hydrogens (tertiary/aromatic N) is 4. The molecule has 0 amide bonds. The van der Waals surface area contributed by atoms with Gasteiger partial charge in [0.15, 0.2) is 5.82 Å². The van der Waals surface area contributed by atoms with Crippen LogP contribution < -0.4 is 0 Å². The summed E-state index contributed by atoms with van der Waals surface area (Å²) in [5.41, 5.74) is 0.863. The molecule has 1 N–H and O–H groups in total. The average Bonchev–Trinajstić information content (AvgIpc) is 2.94. The van der Waals surface area contributed by atoms with E-state index in [2.05, 4.69) is 15.5 Å². The number of thiophene rings is 1. The molecule has 0 fully saturated rings. The maximum atomic E-state index is 10.7. The third-order valence-electron chi connectivity index (χ3n) is 2.54. The predicted molar refractivity (Wildman–Crippen MR) is 66.3 cm³/mol. The Morgan fingerprint density at radius 2 is 2.22 bits per heavy atom. The van der Waals surface area contributed by atoms with Crippen LogP contribution in [0.4, 0.5) is 0 Å². The van der Waals surface area contributed by atoms with Crippen LogP contribution >= 0.6 is 11.3 Å². The highest BCUT2D eigenvalue weighted by molar-refractivity contribution is 7.17. The molecule has 7 heteroatoms. The lowest BCUT2D eigenvalue weighted by Crippen LogP contribution is -2.11. The maximum Gasteiger partial charge on any atom is 0.325 e. The Hall–Kier alpha value is -2.28. The number of tetrazole rings is 1. The van der Waals surface area contributed by atoms with Crippen LogP contribution in [0.3, 0.4) is 0 Å². The first-order valence-corrected chi connectivity index (χ1v) is 6.08. The van der Waals surface area contributed by atoms with Gasteiger partial charge in [0, 0.05) is 21.0 Å². The van der Waals surface area contributed by atoms with Crippen molar-refractivity contribution in [2.45, 2.75) is 6.54 Å². The molecule has 18 heavy (non-hydrogen) atoms. The first kappa shape index (κ1) is 10.8. The minimum absolute atomic E-state index is 0.244. The highest BCUT2D eigenvalue weighted by Crippen LogP contribution is 2.32. The Kier molecular flexibility index (Phi) is 2.52. The van der Waals surface area contributed by atoms with Crippen molar-refractivity contribution in [1.29, 1.82) is 0 Å². The van der Waals surface area contributed by atoms with Gasteiger partial charge in [-0.1, -0.05) is 18.2 Å². The zero-order valence-corrected chi connectivity index (χ0v) is 9.96. The number of aliphatic carboxylic acids is 1. The van der Waals surface area contributed by atoms with Crippen LogP contribution in [0.1, 0.15) is 0 Å². The van der Waals surface area contributed by atoms with Crippen molar-refractivity contribution >= 4 is 27.4 Å². The van der Waals surface area contributed by atoms with E-state index in [1.807, 2.05) is 29.6 Å². The van der Waals surface area contributed by atoms with Gasteiger partial charge >= 0.3 is 5.97 Å². The van der Waals surface area contributed by atoms with Crippen LogP contribution in [0.5, 0.6) is 0 Å². The molecule has 0 aliphatic heterocycles. The molecule has 1 aromatic carbocycles. The van der Waals surface area contributed by atoms with Gasteiger partial charge in [0.2, 0.25) is 0 Å². The van der Waals surface area contributed by atoms with Crippen LogP contribution in [-0.2, 0) is 11.3 Å². The summed E-state index contributed by atoms with van der Waals surface area (Å²) in [6, 6.07) is 7.88. The summed E-state index contributed by atoms with van der Waals surface area (Å²) in [7, 11) is 0. The van der Waals surface area contributed by atoms with E-state index >= 15 is 0 Å². The molecule has 3 rings (SSSR count). The molecule has 0 unspecified atom stereocenters. The first-order chi connectivity index (χ1) is 8.75. The van der Waals surface area contributed by atoms with Crippen LogP contribution in [0.2, 0.25) is 0 Å². The molecule has 0 aliphatic carbocycles. The number of aromatic nitrogens is 4. The van der Waals surface area contributed by atoms with Crippen LogP contribution in [0, 0.1) is 0 Å². The van der Waals surface area contributed by atoms with Gasteiger partial charge in [-0.3, -0.25) is 4.79 Å². The van der Waals surface area contributed by atoms with Gasteiger partial charge in [-0.2, -0.15) is 0 Å². The van der Waals surface area contributed by atoms with E-state index in [0.717, 1.165) is 15.6 Å². The number of hydrogen-bond donors (Lipinski definition) is 1. The van der Waals surface area contributed by atoms with E-state index in [0.29, 0.717) is 5.82 Å². The maximum absolute atomic E-state index is 10.7. The molecule has 0 radical (unpaired) electrons. The van der Waals surface area contributed by atoms with Gasteiger partial charge in [-0.25, -0.2) is 4.68 Å². The lowest BCUT2D eigenvalue weighted by atomic mass is 10.2. The van der Waals surface area contributed by atoms with Gasteiger partial charge in [0.05, 0.1) is 0 Å². The van der Waals surface area contributed by atoms with Crippen molar-refractivity contribution in [2.24, 2.45) is 0 Å². The second kappa shape index (κ2) is 4.19. The molecule has 90 valence electrons. The van der Waals surface area contributed by atoms with Gasteiger partial charge in [-0.05, 0) is 16.5 Å². The first-order valence-electron chi connectivity index (χ1n) is 5.20. The van der Waals surface area contributed by atoms with E-state index in [4.69, 9.17) is 5.11 Å². The fraction of sp³-hybridized carbons (Fsp3) is 0.0909. The largest absolute Gasteiger partial charge is 0.480 e. The van der Waals surface area contributed by atoms with E-state index in [1.54, 1.807) is 11.3 Å². The molecule has 0 spiro atoms. The van der Waals surface area contributed by atoms with Crippen molar-refractivity contribution in [3.05, 3.63) is 29.6 Å². The summed E-state index contributed by atoms with van der Waals surface area (Å²) >= 11 is 1.58.